The highest BCUT2D eigenvalue weighted by molar-refractivity contribution is 6.08. The van der Waals surface area contributed by atoms with Gasteiger partial charge in [-0.25, -0.2) is 0 Å². The fraction of sp³-hybridized carbons (Fsp3) is 0.333. The Hall–Kier alpha value is -3.80. The first-order chi connectivity index (χ1) is 17.1. The number of nitrogens with one attached hydrogen (secondary N) is 1. The minimum Gasteiger partial charge on any atom is -0.506 e. The van der Waals surface area contributed by atoms with Crippen molar-refractivity contribution < 1.29 is 19.4 Å². The van der Waals surface area contributed by atoms with Crippen LogP contribution in [0.2, 0.25) is 0 Å². The molecule has 1 atom stereocenters. The predicted octanol–water partition coefficient (Wildman–Crippen LogP) is 6.35. The summed E-state index contributed by atoms with van der Waals surface area (Å²) in [5.41, 5.74) is 2.93. The molecule has 0 aromatic heterocycles. The maximum atomic E-state index is 13.9. The number of Topliss-reactive ketones (excluding diaryl/α,β-unsaturated/α-hetero) is 1. The number of hydrogen-bond donors (Lipinski definition) is 2. The zero-order valence-corrected chi connectivity index (χ0v) is 21.4. The van der Waals surface area contributed by atoms with Gasteiger partial charge in [0.15, 0.2) is 5.78 Å². The predicted molar refractivity (Wildman–Crippen MR) is 142 cm³/mol. The Balaban J connectivity index is 1.89. The molecule has 2 aliphatic rings. The molecule has 6 nitrogen and oxygen atoms in total. The average Bonchev–Trinajstić information content (AvgIpc) is 2.97. The SMILES string of the molecule is COc1ccc(C2C3=C(CC(C)(C)CC3=O)Nc3c(O)cccc3N2C(=O)C(C)C)c2ccccc12. The summed E-state index contributed by atoms with van der Waals surface area (Å²) in [6, 6.07) is 16.2. The summed E-state index contributed by atoms with van der Waals surface area (Å²) >= 11 is 0. The maximum absolute atomic E-state index is 13.9. The van der Waals surface area contributed by atoms with E-state index in [1.54, 1.807) is 24.1 Å². The van der Waals surface area contributed by atoms with Crippen LogP contribution in [0.1, 0.15) is 52.1 Å². The Morgan fingerprint density at radius 1 is 1.06 bits per heavy atom. The molecule has 0 spiro atoms. The van der Waals surface area contributed by atoms with E-state index in [4.69, 9.17) is 4.74 Å². The minimum absolute atomic E-state index is 0.00695. The van der Waals surface area contributed by atoms with Crippen LogP contribution in [-0.2, 0) is 9.59 Å². The monoisotopic (exact) mass is 484 g/mol. The lowest BCUT2D eigenvalue weighted by Crippen LogP contribution is -2.41. The normalized spacial score (nSPS) is 19.0. The Labute approximate surface area is 211 Å². The highest BCUT2D eigenvalue weighted by Gasteiger charge is 2.44. The van der Waals surface area contributed by atoms with Gasteiger partial charge < -0.3 is 15.2 Å². The number of allylic oxidation sites excluding steroid dienone is 1. The third kappa shape index (κ3) is 3.81. The quantitative estimate of drug-likeness (QED) is 0.423. The van der Waals surface area contributed by atoms with Crippen LogP contribution >= 0.6 is 0 Å². The first kappa shape index (κ1) is 23.9. The van der Waals surface area contributed by atoms with Gasteiger partial charge in [0.2, 0.25) is 5.91 Å². The van der Waals surface area contributed by atoms with Crippen molar-refractivity contribution in [1.29, 1.82) is 0 Å². The summed E-state index contributed by atoms with van der Waals surface area (Å²) in [4.78, 5) is 29.5. The molecule has 1 heterocycles. The van der Waals surface area contributed by atoms with Gasteiger partial charge in [-0.1, -0.05) is 64.1 Å². The second-order valence-electron chi connectivity index (χ2n) is 10.8. The largest absolute Gasteiger partial charge is 0.506 e. The smallest absolute Gasteiger partial charge is 0.230 e. The first-order valence-electron chi connectivity index (χ1n) is 12.4. The van der Waals surface area contributed by atoms with E-state index < -0.39 is 6.04 Å². The summed E-state index contributed by atoms with van der Waals surface area (Å²) < 4.78 is 5.63. The van der Waals surface area contributed by atoms with Gasteiger partial charge in [0.05, 0.1) is 18.8 Å². The number of ether oxygens (including phenoxy) is 1. The Kier molecular flexibility index (Phi) is 5.78. The highest BCUT2D eigenvalue weighted by atomic mass is 16.5. The number of ketones is 1. The Morgan fingerprint density at radius 3 is 2.47 bits per heavy atom. The van der Waals surface area contributed by atoms with Crippen molar-refractivity contribution in [2.24, 2.45) is 11.3 Å². The van der Waals surface area contributed by atoms with E-state index in [9.17, 15) is 14.7 Å². The van der Waals surface area contributed by atoms with Crippen LogP contribution in [0.25, 0.3) is 10.8 Å². The van der Waals surface area contributed by atoms with Gasteiger partial charge in [-0.2, -0.15) is 0 Å². The van der Waals surface area contributed by atoms with E-state index >= 15 is 0 Å². The lowest BCUT2D eigenvalue weighted by molar-refractivity contribution is -0.122. The number of carbonyl (C=O) groups excluding carboxylic acids is 2. The van der Waals surface area contributed by atoms with Gasteiger partial charge in [0.25, 0.3) is 0 Å². The number of methoxy groups -OCH3 is 1. The molecule has 186 valence electrons. The lowest BCUT2D eigenvalue weighted by atomic mass is 9.73. The van der Waals surface area contributed by atoms with E-state index in [0.717, 1.165) is 27.8 Å². The third-order valence-electron chi connectivity index (χ3n) is 7.17. The molecule has 0 radical (unpaired) electrons. The molecule has 6 heteroatoms. The summed E-state index contributed by atoms with van der Waals surface area (Å²) in [6.45, 7) is 7.85. The zero-order chi connectivity index (χ0) is 25.8. The van der Waals surface area contributed by atoms with Crippen LogP contribution in [0.4, 0.5) is 11.4 Å². The van der Waals surface area contributed by atoms with Crippen LogP contribution in [0.5, 0.6) is 11.5 Å². The number of fused-ring (bicyclic) bond motifs is 2. The molecule has 3 aromatic rings. The van der Waals surface area contributed by atoms with Crippen molar-refractivity contribution >= 4 is 33.8 Å². The van der Waals surface area contributed by atoms with E-state index in [2.05, 4.69) is 19.2 Å². The van der Waals surface area contributed by atoms with Crippen molar-refractivity contribution in [2.45, 2.75) is 46.6 Å². The zero-order valence-electron chi connectivity index (χ0n) is 21.4. The molecule has 0 bridgehead atoms. The molecule has 2 N–H and O–H groups in total. The second-order valence-corrected chi connectivity index (χ2v) is 10.8. The summed E-state index contributed by atoms with van der Waals surface area (Å²) in [6.07, 6.45) is 1.00. The molecule has 5 rings (SSSR count). The molecular weight excluding hydrogens is 452 g/mol. The molecule has 1 amide bonds. The van der Waals surface area contributed by atoms with Crippen LogP contribution in [0.3, 0.4) is 0 Å². The molecule has 1 aliphatic heterocycles. The number of hydrogen-bond acceptors (Lipinski definition) is 5. The van der Waals surface area contributed by atoms with E-state index in [1.165, 1.54) is 0 Å². The van der Waals surface area contributed by atoms with Gasteiger partial charge in [-0.15, -0.1) is 0 Å². The topological polar surface area (TPSA) is 78.9 Å². The van der Waals surface area contributed by atoms with Crippen molar-refractivity contribution in [1.82, 2.24) is 0 Å². The van der Waals surface area contributed by atoms with Crippen molar-refractivity contribution in [3.8, 4) is 11.5 Å². The number of benzene rings is 3. The van der Waals surface area contributed by atoms with Crippen molar-refractivity contribution in [2.75, 3.05) is 17.3 Å². The van der Waals surface area contributed by atoms with E-state index in [1.807, 2.05) is 56.3 Å². The van der Waals surface area contributed by atoms with Crippen molar-refractivity contribution in [3.63, 3.8) is 0 Å². The molecular formula is C30H32N2O4. The van der Waals surface area contributed by atoms with Crippen molar-refractivity contribution in [3.05, 3.63) is 71.4 Å². The maximum Gasteiger partial charge on any atom is 0.230 e. The first-order valence-corrected chi connectivity index (χ1v) is 12.4. The number of para-hydroxylation sites is 1. The van der Waals surface area contributed by atoms with Gasteiger partial charge in [0.1, 0.15) is 17.2 Å². The number of aromatic hydroxyl groups is 1. The average molecular weight is 485 g/mol. The number of carbonyl (C=O) groups is 2. The lowest BCUT2D eigenvalue weighted by Gasteiger charge is -2.38. The Morgan fingerprint density at radius 2 is 1.78 bits per heavy atom. The summed E-state index contributed by atoms with van der Waals surface area (Å²) in [5.74, 6) is 0.320. The number of nitrogens with zero attached hydrogens (tertiary/aromatic N) is 1. The minimum atomic E-state index is -0.662. The van der Waals surface area contributed by atoms with Gasteiger partial charge >= 0.3 is 0 Å². The van der Waals surface area contributed by atoms with Crippen LogP contribution in [0, 0.1) is 11.3 Å². The number of phenolic OH excluding ortho intramolecular Hbond substituents is 1. The number of phenols is 1. The standard InChI is InChI=1S/C30H32N2O4/c1-17(2)29(35)32-22-11-8-12-23(33)27(22)31-21-15-30(3,4)16-24(34)26(21)28(32)20-13-14-25(36-5)19-10-7-6-9-18(19)20/h6-14,17,28,31,33H,15-16H2,1-5H3. The second kappa shape index (κ2) is 8.70. The summed E-state index contributed by atoms with van der Waals surface area (Å²) in [5, 5.41) is 16.1. The van der Waals surface area contributed by atoms with E-state index in [0.29, 0.717) is 29.8 Å². The third-order valence-corrected chi connectivity index (χ3v) is 7.17. The molecule has 0 saturated carbocycles. The molecule has 1 aliphatic carbocycles. The van der Waals surface area contributed by atoms with Crippen LogP contribution < -0.4 is 15.0 Å². The van der Waals surface area contributed by atoms with Crippen LogP contribution in [-0.4, -0.2) is 23.9 Å². The number of rotatable bonds is 3. The van der Waals surface area contributed by atoms with Gasteiger partial charge in [0, 0.05) is 29.0 Å². The number of anilines is 2. The fourth-order valence-corrected chi connectivity index (χ4v) is 5.57. The molecule has 36 heavy (non-hydrogen) atoms. The fourth-order valence-electron chi connectivity index (χ4n) is 5.57. The van der Waals surface area contributed by atoms with Crippen LogP contribution in [0.15, 0.2) is 65.9 Å². The number of amides is 1. The molecule has 0 saturated heterocycles. The molecule has 1 unspecified atom stereocenters. The van der Waals surface area contributed by atoms with Gasteiger partial charge in [-0.05, 0) is 41.0 Å². The van der Waals surface area contributed by atoms with Gasteiger partial charge in [-0.3, -0.25) is 14.5 Å². The Bertz CT molecular complexity index is 1420. The highest BCUT2D eigenvalue weighted by Crippen LogP contribution is 2.51. The summed E-state index contributed by atoms with van der Waals surface area (Å²) in [7, 11) is 1.64. The molecule has 3 aromatic carbocycles. The van der Waals surface area contributed by atoms with E-state index in [-0.39, 0.29) is 28.8 Å². The molecule has 0 fully saturated rings.